The van der Waals surface area contributed by atoms with Crippen LogP contribution in [0, 0.1) is 6.92 Å². The minimum absolute atomic E-state index is 0.163. The molecule has 0 bridgehead atoms. The largest absolute Gasteiger partial charge is 0.394 e. The van der Waals surface area contributed by atoms with E-state index >= 15 is 0 Å². The molecule has 0 radical (unpaired) electrons. The van der Waals surface area contributed by atoms with E-state index in [4.69, 9.17) is 11.6 Å². The van der Waals surface area contributed by atoms with Crippen molar-refractivity contribution >= 4 is 17.5 Å². The van der Waals surface area contributed by atoms with Gasteiger partial charge in [-0.3, -0.25) is 9.89 Å². The topological polar surface area (TPSA) is 78.0 Å². The van der Waals surface area contributed by atoms with Crippen LogP contribution >= 0.6 is 11.6 Å². The molecule has 5 nitrogen and oxygen atoms in total. The standard InChI is InChI=1S/C20H20ClN3O2/c1-13-17(20(24-23-13)15-7-9-16(21)10-8-15)11-19(26)22-18(12-25)14-5-3-2-4-6-14/h2-10,18,25H,11-12H2,1H3,(H,22,26)(H,23,24)/t18-/m1/s1. The Hall–Kier alpha value is -2.63. The Bertz CT molecular complexity index is 876. The molecule has 1 aromatic heterocycles. The molecule has 0 unspecified atom stereocenters. The summed E-state index contributed by atoms with van der Waals surface area (Å²) in [6.45, 7) is 1.72. The molecule has 3 rings (SSSR count). The van der Waals surface area contributed by atoms with Crippen molar-refractivity contribution in [3.8, 4) is 11.3 Å². The quantitative estimate of drug-likeness (QED) is 0.623. The number of aryl methyl sites for hydroxylation is 1. The predicted molar refractivity (Wildman–Crippen MR) is 102 cm³/mol. The number of aromatic nitrogens is 2. The van der Waals surface area contributed by atoms with Crippen LogP contribution in [0.4, 0.5) is 0 Å². The summed E-state index contributed by atoms with van der Waals surface area (Å²) in [7, 11) is 0. The van der Waals surface area contributed by atoms with Gasteiger partial charge >= 0.3 is 0 Å². The van der Waals surface area contributed by atoms with Gasteiger partial charge in [0.05, 0.1) is 24.8 Å². The average molecular weight is 370 g/mol. The molecule has 26 heavy (non-hydrogen) atoms. The van der Waals surface area contributed by atoms with Gasteiger partial charge in [0.2, 0.25) is 5.91 Å². The van der Waals surface area contributed by atoms with Crippen molar-refractivity contribution in [3.63, 3.8) is 0 Å². The third kappa shape index (κ3) is 4.12. The van der Waals surface area contributed by atoms with Crippen LogP contribution in [0.1, 0.15) is 22.9 Å². The van der Waals surface area contributed by atoms with Gasteiger partial charge in [0, 0.05) is 21.8 Å². The van der Waals surface area contributed by atoms with Crippen LogP contribution in [-0.4, -0.2) is 27.8 Å². The van der Waals surface area contributed by atoms with Crippen molar-refractivity contribution in [2.24, 2.45) is 0 Å². The molecule has 1 atom stereocenters. The van der Waals surface area contributed by atoms with Crippen LogP contribution in [0.3, 0.4) is 0 Å². The number of benzene rings is 2. The molecule has 2 aromatic carbocycles. The lowest BCUT2D eigenvalue weighted by molar-refractivity contribution is -0.121. The van der Waals surface area contributed by atoms with E-state index in [-0.39, 0.29) is 18.9 Å². The molecule has 0 fully saturated rings. The molecule has 1 amide bonds. The second kappa shape index (κ2) is 8.17. The predicted octanol–water partition coefficient (Wildman–Crippen LogP) is 3.43. The Morgan fingerprint density at radius 1 is 1.19 bits per heavy atom. The van der Waals surface area contributed by atoms with Gasteiger partial charge < -0.3 is 10.4 Å². The molecule has 3 N–H and O–H groups in total. The van der Waals surface area contributed by atoms with Gasteiger partial charge in [0.15, 0.2) is 0 Å². The van der Waals surface area contributed by atoms with E-state index in [1.165, 1.54) is 0 Å². The summed E-state index contributed by atoms with van der Waals surface area (Å²) in [5.74, 6) is -0.174. The number of nitrogens with one attached hydrogen (secondary N) is 2. The lowest BCUT2D eigenvalue weighted by Crippen LogP contribution is -2.32. The number of carbonyl (C=O) groups is 1. The van der Waals surface area contributed by atoms with E-state index in [0.29, 0.717) is 5.02 Å². The zero-order chi connectivity index (χ0) is 18.5. The molecular formula is C20H20ClN3O2. The van der Waals surface area contributed by atoms with Gasteiger partial charge in [-0.1, -0.05) is 54.1 Å². The number of rotatable bonds is 6. The first-order valence-corrected chi connectivity index (χ1v) is 8.71. The van der Waals surface area contributed by atoms with Crippen LogP contribution in [0.15, 0.2) is 54.6 Å². The summed E-state index contributed by atoms with van der Waals surface area (Å²) in [5, 5.41) is 20.4. The number of hydrogen-bond acceptors (Lipinski definition) is 3. The van der Waals surface area contributed by atoms with Crippen LogP contribution in [0.25, 0.3) is 11.3 Å². The monoisotopic (exact) mass is 369 g/mol. The summed E-state index contributed by atoms with van der Waals surface area (Å²) < 4.78 is 0. The van der Waals surface area contributed by atoms with Gasteiger partial charge in [-0.05, 0) is 24.6 Å². The Kier molecular flexibility index (Phi) is 5.71. The fourth-order valence-electron chi connectivity index (χ4n) is 2.84. The van der Waals surface area contributed by atoms with Crippen molar-refractivity contribution in [1.82, 2.24) is 15.5 Å². The van der Waals surface area contributed by atoms with Crippen LogP contribution in [-0.2, 0) is 11.2 Å². The normalized spacial score (nSPS) is 12.0. The highest BCUT2D eigenvalue weighted by molar-refractivity contribution is 6.30. The van der Waals surface area contributed by atoms with Crippen molar-refractivity contribution in [2.75, 3.05) is 6.61 Å². The first-order valence-electron chi connectivity index (χ1n) is 8.33. The number of halogens is 1. The van der Waals surface area contributed by atoms with Crippen LogP contribution < -0.4 is 5.32 Å². The zero-order valence-electron chi connectivity index (χ0n) is 14.4. The molecule has 0 aliphatic heterocycles. The highest BCUT2D eigenvalue weighted by Gasteiger charge is 2.18. The third-order valence-electron chi connectivity index (χ3n) is 4.25. The molecular weight excluding hydrogens is 350 g/mol. The first-order chi connectivity index (χ1) is 12.6. The van der Waals surface area contributed by atoms with Crippen molar-refractivity contribution in [1.29, 1.82) is 0 Å². The number of aliphatic hydroxyl groups is 1. The van der Waals surface area contributed by atoms with Gasteiger partial charge in [-0.15, -0.1) is 0 Å². The molecule has 0 aliphatic rings. The number of aromatic amines is 1. The van der Waals surface area contributed by atoms with Crippen molar-refractivity contribution in [2.45, 2.75) is 19.4 Å². The molecule has 0 aliphatic carbocycles. The Morgan fingerprint density at radius 2 is 1.88 bits per heavy atom. The van der Waals surface area contributed by atoms with Crippen LogP contribution in [0.2, 0.25) is 5.02 Å². The van der Waals surface area contributed by atoms with Crippen molar-refractivity contribution < 1.29 is 9.90 Å². The number of aliphatic hydroxyl groups excluding tert-OH is 1. The maximum absolute atomic E-state index is 12.6. The first kappa shape index (κ1) is 18.2. The second-order valence-electron chi connectivity index (χ2n) is 6.07. The smallest absolute Gasteiger partial charge is 0.225 e. The van der Waals surface area contributed by atoms with E-state index in [2.05, 4.69) is 15.5 Å². The average Bonchev–Trinajstić information content (AvgIpc) is 3.01. The second-order valence-corrected chi connectivity index (χ2v) is 6.51. The van der Waals surface area contributed by atoms with Crippen molar-refractivity contribution in [3.05, 3.63) is 76.4 Å². The molecule has 0 saturated carbocycles. The third-order valence-corrected chi connectivity index (χ3v) is 4.50. The van der Waals surface area contributed by atoms with E-state index in [9.17, 15) is 9.90 Å². The maximum atomic E-state index is 12.6. The number of hydrogen-bond donors (Lipinski definition) is 3. The SMILES string of the molecule is Cc1[nH]nc(-c2ccc(Cl)cc2)c1CC(=O)N[C@H](CO)c1ccccc1. The van der Waals surface area contributed by atoms with E-state index in [1.54, 1.807) is 12.1 Å². The van der Waals surface area contributed by atoms with Crippen LogP contribution in [0.5, 0.6) is 0 Å². The highest BCUT2D eigenvalue weighted by Crippen LogP contribution is 2.25. The Morgan fingerprint density at radius 3 is 2.54 bits per heavy atom. The molecule has 134 valence electrons. The Balaban J connectivity index is 1.77. The molecule has 0 spiro atoms. The van der Waals surface area contributed by atoms with E-state index in [1.807, 2.05) is 49.4 Å². The minimum Gasteiger partial charge on any atom is -0.394 e. The lowest BCUT2D eigenvalue weighted by atomic mass is 10.0. The van der Waals surface area contributed by atoms with Gasteiger partial charge in [-0.25, -0.2) is 0 Å². The molecule has 3 aromatic rings. The zero-order valence-corrected chi connectivity index (χ0v) is 15.1. The summed E-state index contributed by atoms with van der Waals surface area (Å²) in [6.07, 6.45) is 0.170. The summed E-state index contributed by atoms with van der Waals surface area (Å²) in [6, 6.07) is 16.3. The molecule has 6 heteroatoms. The fraction of sp³-hybridized carbons (Fsp3) is 0.200. The minimum atomic E-state index is -0.435. The van der Waals surface area contributed by atoms with Gasteiger partial charge in [-0.2, -0.15) is 5.10 Å². The highest BCUT2D eigenvalue weighted by atomic mass is 35.5. The number of H-pyrrole nitrogens is 1. The van der Waals surface area contributed by atoms with Gasteiger partial charge in [0.1, 0.15) is 0 Å². The Labute approximate surface area is 157 Å². The van der Waals surface area contributed by atoms with Gasteiger partial charge in [0.25, 0.3) is 0 Å². The number of amides is 1. The lowest BCUT2D eigenvalue weighted by Gasteiger charge is -2.17. The number of carbonyl (C=O) groups excluding carboxylic acids is 1. The molecule has 1 heterocycles. The summed E-state index contributed by atoms with van der Waals surface area (Å²) in [4.78, 5) is 12.6. The number of nitrogens with zero attached hydrogens (tertiary/aromatic N) is 1. The summed E-state index contributed by atoms with van der Waals surface area (Å²) in [5.41, 5.74) is 4.16. The maximum Gasteiger partial charge on any atom is 0.225 e. The molecule has 0 saturated heterocycles. The summed E-state index contributed by atoms with van der Waals surface area (Å²) >= 11 is 5.94. The fourth-order valence-corrected chi connectivity index (χ4v) is 2.97. The van der Waals surface area contributed by atoms with E-state index in [0.717, 1.165) is 28.1 Å². The van der Waals surface area contributed by atoms with E-state index < -0.39 is 6.04 Å².